The van der Waals surface area contributed by atoms with Crippen molar-refractivity contribution < 1.29 is 18.8 Å². The summed E-state index contributed by atoms with van der Waals surface area (Å²) in [6, 6.07) is 10.1. The van der Waals surface area contributed by atoms with Gasteiger partial charge in [-0.25, -0.2) is 4.39 Å². The molecule has 0 heterocycles. The Kier molecular flexibility index (Phi) is 5.96. The van der Waals surface area contributed by atoms with E-state index in [1.807, 2.05) is 39.8 Å². The molecule has 29 heavy (non-hydrogen) atoms. The molecule has 1 N–H and O–H groups in total. The van der Waals surface area contributed by atoms with Crippen molar-refractivity contribution in [2.45, 2.75) is 52.5 Å². The van der Waals surface area contributed by atoms with Crippen LogP contribution in [0.5, 0.6) is 0 Å². The Bertz CT molecular complexity index is 940. The average Bonchev–Trinajstić information content (AvgIpc) is 2.88. The second-order valence-electron chi connectivity index (χ2n) is 8.16. The third-order valence-corrected chi connectivity index (χ3v) is 5.40. The lowest BCUT2D eigenvalue weighted by Gasteiger charge is -2.17. The molecular weight excluding hydrogens is 369 g/mol. The maximum atomic E-state index is 13.2. The summed E-state index contributed by atoms with van der Waals surface area (Å²) in [5.41, 5.74) is 4.22. The van der Waals surface area contributed by atoms with Crippen LogP contribution in [0.3, 0.4) is 0 Å². The smallest absolute Gasteiger partial charge is 0.220 e. The molecule has 152 valence electrons. The van der Waals surface area contributed by atoms with Gasteiger partial charge in [-0.15, -0.1) is 0 Å². The Morgan fingerprint density at radius 2 is 1.66 bits per heavy atom. The molecule has 1 amide bonds. The second-order valence-corrected chi connectivity index (χ2v) is 8.16. The molecule has 0 bridgehead atoms. The first kappa shape index (κ1) is 20.9. The van der Waals surface area contributed by atoms with Gasteiger partial charge in [-0.3, -0.25) is 14.4 Å². The molecular formula is C24H26FNO3. The first-order valence-electron chi connectivity index (χ1n) is 9.90. The average molecular weight is 395 g/mol. The topological polar surface area (TPSA) is 63.2 Å². The number of aryl methyl sites for hydroxylation is 2. The summed E-state index contributed by atoms with van der Waals surface area (Å²) in [5.74, 6) is -2.18. The monoisotopic (exact) mass is 395 g/mol. The summed E-state index contributed by atoms with van der Waals surface area (Å²) >= 11 is 0. The van der Waals surface area contributed by atoms with Gasteiger partial charge in [-0.1, -0.05) is 24.3 Å². The Morgan fingerprint density at radius 3 is 2.21 bits per heavy atom. The summed E-state index contributed by atoms with van der Waals surface area (Å²) < 4.78 is 13.2. The van der Waals surface area contributed by atoms with Crippen LogP contribution in [-0.2, 0) is 14.4 Å². The second kappa shape index (κ2) is 8.27. The number of carbonyl (C=O) groups is 3. The molecule has 5 heteroatoms. The van der Waals surface area contributed by atoms with E-state index in [2.05, 4.69) is 5.32 Å². The van der Waals surface area contributed by atoms with Gasteiger partial charge in [0.05, 0.1) is 0 Å². The van der Waals surface area contributed by atoms with Gasteiger partial charge in [0.25, 0.3) is 0 Å². The standard InChI is InChI=1S/C24H26FNO3/c1-13(2)26-21(28)12-18-11-20(27)23(24(18)29)22-14(3)9-17(10-15(22)4)16-5-7-19(25)8-6-16/h5-10,13,18,23H,11-12H2,1-4H3,(H,26,28). The van der Waals surface area contributed by atoms with Gasteiger partial charge >= 0.3 is 0 Å². The van der Waals surface area contributed by atoms with E-state index in [0.717, 1.165) is 27.8 Å². The fraction of sp³-hybridized carbons (Fsp3) is 0.375. The summed E-state index contributed by atoms with van der Waals surface area (Å²) in [6.45, 7) is 7.48. The number of halogens is 1. The normalized spacial score (nSPS) is 19.1. The molecule has 2 aromatic carbocycles. The first-order chi connectivity index (χ1) is 13.7. The van der Waals surface area contributed by atoms with Crippen LogP contribution in [0.4, 0.5) is 4.39 Å². The van der Waals surface area contributed by atoms with Crippen LogP contribution in [0.2, 0.25) is 0 Å². The minimum Gasteiger partial charge on any atom is -0.354 e. The summed E-state index contributed by atoms with van der Waals surface area (Å²) in [6.07, 6.45) is 0.151. The Hall–Kier alpha value is -2.82. The molecule has 1 aliphatic rings. The van der Waals surface area contributed by atoms with Crippen LogP contribution >= 0.6 is 0 Å². The molecule has 1 saturated carbocycles. The van der Waals surface area contributed by atoms with E-state index in [-0.39, 0.29) is 42.2 Å². The highest BCUT2D eigenvalue weighted by Crippen LogP contribution is 2.38. The largest absolute Gasteiger partial charge is 0.354 e. The van der Waals surface area contributed by atoms with E-state index in [4.69, 9.17) is 0 Å². The van der Waals surface area contributed by atoms with E-state index in [0.29, 0.717) is 0 Å². The zero-order valence-corrected chi connectivity index (χ0v) is 17.2. The van der Waals surface area contributed by atoms with Gasteiger partial charge < -0.3 is 5.32 Å². The number of hydrogen-bond acceptors (Lipinski definition) is 3. The lowest BCUT2D eigenvalue weighted by atomic mass is 9.85. The number of benzene rings is 2. The van der Waals surface area contributed by atoms with Crippen molar-refractivity contribution in [2.75, 3.05) is 0 Å². The fourth-order valence-corrected chi connectivity index (χ4v) is 4.18. The molecule has 2 atom stereocenters. The van der Waals surface area contributed by atoms with Crippen molar-refractivity contribution in [2.24, 2.45) is 5.92 Å². The van der Waals surface area contributed by atoms with Crippen molar-refractivity contribution in [1.82, 2.24) is 5.32 Å². The minimum absolute atomic E-state index is 0.00556. The molecule has 3 rings (SSSR count). The molecule has 0 saturated heterocycles. The number of nitrogens with one attached hydrogen (secondary N) is 1. The molecule has 2 unspecified atom stereocenters. The number of hydrogen-bond donors (Lipinski definition) is 1. The highest BCUT2D eigenvalue weighted by molar-refractivity contribution is 6.15. The van der Waals surface area contributed by atoms with Crippen LogP contribution < -0.4 is 5.32 Å². The molecule has 0 spiro atoms. The van der Waals surface area contributed by atoms with E-state index in [1.54, 1.807) is 12.1 Å². The molecule has 2 aromatic rings. The van der Waals surface area contributed by atoms with Gasteiger partial charge in [0.15, 0.2) is 5.78 Å². The number of rotatable bonds is 5. The van der Waals surface area contributed by atoms with Crippen molar-refractivity contribution in [3.05, 3.63) is 58.9 Å². The third-order valence-electron chi connectivity index (χ3n) is 5.40. The first-order valence-corrected chi connectivity index (χ1v) is 9.90. The zero-order valence-electron chi connectivity index (χ0n) is 17.2. The van der Waals surface area contributed by atoms with Crippen molar-refractivity contribution in [1.29, 1.82) is 0 Å². The maximum Gasteiger partial charge on any atom is 0.220 e. The zero-order chi connectivity index (χ0) is 21.3. The van der Waals surface area contributed by atoms with Gasteiger partial charge in [-0.05, 0) is 67.6 Å². The summed E-state index contributed by atoms with van der Waals surface area (Å²) in [7, 11) is 0. The number of Topliss-reactive ketones (excluding diaryl/α,β-unsaturated/α-hetero) is 2. The molecule has 1 fully saturated rings. The van der Waals surface area contributed by atoms with E-state index in [9.17, 15) is 18.8 Å². The van der Waals surface area contributed by atoms with Gasteiger partial charge in [-0.2, -0.15) is 0 Å². The van der Waals surface area contributed by atoms with Crippen LogP contribution in [0.1, 0.15) is 49.3 Å². The summed E-state index contributed by atoms with van der Waals surface area (Å²) in [4.78, 5) is 37.8. The van der Waals surface area contributed by atoms with Crippen molar-refractivity contribution in [3.8, 4) is 11.1 Å². The summed E-state index contributed by atoms with van der Waals surface area (Å²) in [5, 5.41) is 2.78. The highest BCUT2D eigenvalue weighted by Gasteiger charge is 2.43. The highest BCUT2D eigenvalue weighted by atomic mass is 19.1. The Morgan fingerprint density at radius 1 is 1.07 bits per heavy atom. The van der Waals surface area contributed by atoms with E-state index >= 15 is 0 Å². The molecule has 0 radical (unpaired) electrons. The van der Waals surface area contributed by atoms with Crippen LogP contribution in [0, 0.1) is 25.6 Å². The van der Waals surface area contributed by atoms with Gasteiger partial charge in [0, 0.05) is 24.8 Å². The van der Waals surface area contributed by atoms with Crippen LogP contribution in [0.25, 0.3) is 11.1 Å². The van der Waals surface area contributed by atoms with Gasteiger partial charge in [0.2, 0.25) is 5.91 Å². The maximum absolute atomic E-state index is 13.2. The quantitative estimate of drug-likeness (QED) is 0.769. The Balaban J connectivity index is 1.88. The number of carbonyl (C=O) groups excluding carboxylic acids is 3. The van der Waals surface area contributed by atoms with Crippen LogP contribution in [0.15, 0.2) is 36.4 Å². The minimum atomic E-state index is -0.811. The molecule has 4 nitrogen and oxygen atoms in total. The lowest BCUT2D eigenvalue weighted by molar-refractivity contribution is -0.128. The Labute approximate surface area is 170 Å². The van der Waals surface area contributed by atoms with Crippen LogP contribution in [-0.4, -0.2) is 23.5 Å². The molecule has 0 aliphatic heterocycles. The number of amides is 1. The molecule has 1 aliphatic carbocycles. The van der Waals surface area contributed by atoms with Crippen molar-refractivity contribution >= 4 is 17.5 Å². The number of ketones is 2. The molecule has 0 aromatic heterocycles. The van der Waals surface area contributed by atoms with E-state index < -0.39 is 11.8 Å². The SMILES string of the molecule is Cc1cc(-c2ccc(F)cc2)cc(C)c1C1C(=O)CC(CC(=O)NC(C)C)C1=O. The third kappa shape index (κ3) is 4.44. The predicted molar refractivity (Wildman–Crippen MR) is 110 cm³/mol. The van der Waals surface area contributed by atoms with Gasteiger partial charge in [0.1, 0.15) is 17.5 Å². The van der Waals surface area contributed by atoms with E-state index in [1.165, 1.54) is 12.1 Å². The lowest BCUT2D eigenvalue weighted by Crippen LogP contribution is -2.32. The fourth-order valence-electron chi connectivity index (χ4n) is 4.18. The van der Waals surface area contributed by atoms with Crippen molar-refractivity contribution in [3.63, 3.8) is 0 Å². The predicted octanol–water partition coefficient (Wildman–Crippen LogP) is 4.27.